The summed E-state index contributed by atoms with van der Waals surface area (Å²) < 4.78 is 1.86. The lowest BCUT2D eigenvalue weighted by molar-refractivity contribution is -0.551. The van der Waals surface area contributed by atoms with Crippen molar-refractivity contribution in [3.8, 4) is 0 Å². The SMILES string of the molecule is S=C(Nc1ccccc1)[n+]1ccccc1.[Br-]. The number of anilines is 1. The molecule has 2 nitrogen and oxygen atoms in total. The summed E-state index contributed by atoms with van der Waals surface area (Å²) in [6, 6.07) is 15.7. The van der Waals surface area contributed by atoms with Gasteiger partial charge < -0.3 is 17.0 Å². The van der Waals surface area contributed by atoms with E-state index in [0.717, 1.165) is 5.69 Å². The number of para-hydroxylation sites is 1. The molecule has 0 spiro atoms. The van der Waals surface area contributed by atoms with E-state index in [2.05, 4.69) is 5.32 Å². The van der Waals surface area contributed by atoms with Gasteiger partial charge in [0, 0.05) is 12.2 Å². The zero-order valence-corrected chi connectivity index (χ0v) is 10.9. The minimum atomic E-state index is 0. The third-order valence-corrected chi connectivity index (χ3v) is 2.29. The molecule has 1 aromatic heterocycles. The first-order chi connectivity index (χ1) is 7.36. The number of thiocarbonyl (C=S) groups is 1. The Morgan fingerprint density at radius 1 is 0.938 bits per heavy atom. The summed E-state index contributed by atoms with van der Waals surface area (Å²) in [5.41, 5.74) is 0.999. The van der Waals surface area contributed by atoms with E-state index in [1.165, 1.54) is 0 Å². The van der Waals surface area contributed by atoms with Gasteiger partial charge in [-0.25, -0.2) is 5.32 Å². The predicted octanol–water partition coefficient (Wildman–Crippen LogP) is -0.777. The van der Waals surface area contributed by atoms with E-state index < -0.39 is 0 Å². The highest BCUT2D eigenvalue weighted by atomic mass is 79.9. The molecular weight excluding hydrogens is 284 g/mol. The van der Waals surface area contributed by atoms with Crippen LogP contribution in [0.25, 0.3) is 0 Å². The molecule has 1 aromatic carbocycles. The molecule has 0 aliphatic heterocycles. The first kappa shape index (κ1) is 12.8. The minimum absolute atomic E-state index is 0. The van der Waals surface area contributed by atoms with Crippen LogP contribution in [0.4, 0.5) is 5.69 Å². The average Bonchev–Trinajstić information content (AvgIpc) is 2.31. The van der Waals surface area contributed by atoms with Crippen molar-refractivity contribution in [2.24, 2.45) is 0 Å². The van der Waals surface area contributed by atoms with Crippen LogP contribution in [0.2, 0.25) is 0 Å². The topological polar surface area (TPSA) is 15.9 Å². The summed E-state index contributed by atoms with van der Waals surface area (Å²) in [4.78, 5) is 0. The van der Waals surface area contributed by atoms with Crippen molar-refractivity contribution >= 4 is 23.0 Å². The fraction of sp³-hybridized carbons (Fsp3) is 0. The molecule has 1 heterocycles. The molecule has 1 N–H and O–H groups in total. The van der Waals surface area contributed by atoms with Gasteiger partial charge in [-0.15, -0.1) is 0 Å². The number of halogens is 1. The standard InChI is InChI=1S/C12H10N2S.BrH/c15-12(14-9-5-2-6-10-14)13-11-7-3-1-4-8-11;/h1-10H;1H. The van der Waals surface area contributed by atoms with Gasteiger partial charge >= 0.3 is 5.11 Å². The molecule has 0 atom stereocenters. The number of nitrogens with one attached hydrogen (secondary N) is 1. The fourth-order valence-corrected chi connectivity index (χ4v) is 1.48. The summed E-state index contributed by atoms with van der Waals surface area (Å²) in [7, 11) is 0. The maximum atomic E-state index is 5.25. The Morgan fingerprint density at radius 3 is 2.12 bits per heavy atom. The van der Waals surface area contributed by atoms with Crippen molar-refractivity contribution in [1.82, 2.24) is 0 Å². The van der Waals surface area contributed by atoms with E-state index in [1.54, 1.807) is 0 Å². The Balaban J connectivity index is 0.00000128. The number of benzene rings is 1. The van der Waals surface area contributed by atoms with Crippen LogP contribution < -0.4 is 26.9 Å². The van der Waals surface area contributed by atoms with Gasteiger partial charge in [0.2, 0.25) is 0 Å². The van der Waals surface area contributed by atoms with Crippen LogP contribution in [-0.4, -0.2) is 5.11 Å². The highest BCUT2D eigenvalue weighted by molar-refractivity contribution is 7.80. The second-order valence-electron chi connectivity index (χ2n) is 3.08. The number of hydrogen-bond acceptors (Lipinski definition) is 1. The lowest BCUT2D eigenvalue weighted by Gasteiger charge is -2.00. The van der Waals surface area contributed by atoms with Crippen LogP contribution in [0.3, 0.4) is 0 Å². The van der Waals surface area contributed by atoms with E-state index in [4.69, 9.17) is 12.2 Å². The quantitative estimate of drug-likeness (QED) is 0.549. The van der Waals surface area contributed by atoms with Gasteiger partial charge in [-0.1, -0.05) is 24.3 Å². The minimum Gasteiger partial charge on any atom is -1.00 e. The van der Waals surface area contributed by atoms with Gasteiger partial charge in [-0.3, -0.25) is 0 Å². The predicted molar refractivity (Wildman–Crippen MR) is 64.7 cm³/mol. The molecule has 0 unspecified atom stereocenters. The van der Waals surface area contributed by atoms with Crippen molar-refractivity contribution < 1.29 is 21.5 Å². The molecule has 0 saturated carbocycles. The molecule has 0 saturated heterocycles. The molecular formula is C12H11BrN2S. The Hall–Kier alpha value is -1.26. The fourth-order valence-electron chi connectivity index (χ4n) is 1.24. The Labute approximate surface area is 111 Å². The highest BCUT2D eigenvalue weighted by Crippen LogP contribution is 2.03. The maximum absolute atomic E-state index is 5.25. The summed E-state index contributed by atoms with van der Waals surface area (Å²) in [6.45, 7) is 0. The second-order valence-corrected chi connectivity index (χ2v) is 3.47. The monoisotopic (exact) mass is 294 g/mol. The highest BCUT2D eigenvalue weighted by Gasteiger charge is 2.06. The van der Waals surface area contributed by atoms with E-state index >= 15 is 0 Å². The molecule has 0 aliphatic carbocycles. The number of rotatable bonds is 1. The van der Waals surface area contributed by atoms with Gasteiger partial charge in [0.05, 0.1) is 12.4 Å². The maximum Gasteiger partial charge on any atom is 0.353 e. The van der Waals surface area contributed by atoms with E-state index in [1.807, 2.05) is 65.5 Å². The lowest BCUT2D eigenvalue weighted by atomic mass is 10.3. The molecule has 82 valence electrons. The molecule has 2 rings (SSSR count). The normalized spacial score (nSPS) is 9.00. The van der Waals surface area contributed by atoms with Crippen LogP contribution in [0, 0.1) is 0 Å². The van der Waals surface area contributed by atoms with Crippen LogP contribution in [0.15, 0.2) is 60.9 Å². The number of nitrogens with zero attached hydrogens (tertiary/aromatic N) is 1. The Morgan fingerprint density at radius 2 is 1.50 bits per heavy atom. The van der Waals surface area contributed by atoms with Crippen LogP contribution in [-0.2, 0) is 0 Å². The van der Waals surface area contributed by atoms with Gasteiger partial charge in [0.1, 0.15) is 5.69 Å². The summed E-state index contributed by atoms with van der Waals surface area (Å²) in [5, 5.41) is 3.82. The lowest BCUT2D eigenvalue weighted by Crippen LogP contribution is -3.00. The molecule has 0 amide bonds. The molecule has 0 aliphatic rings. The number of hydrogen-bond donors (Lipinski definition) is 1. The van der Waals surface area contributed by atoms with Crippen LogP contribution in [0.1, 0.15) is 0 Å². The zero-order valence-electron chi connectivity index (χ0n) is 8.51. The summed E-state index contributed by atoms with van der Waals surface area (Å²) in [5.74, 6) is 0. The largest absolute Gasteiger partial charge is 1.00 e. The smallest absolute Gasteiger partial charge is 0.353 e. The summed E-state index contributed by atoms with van der Waals surface area (Å²) in [6.07, 6.45) is 3.83. The molecule has 0 fully saturated rings. The van der Waals surface area contributed by atoms with E-state index in [0.29, 0.717) is 5.11 Å². The molecule has 0 bridgehead atoms. The van der Waals surface area contributed by atoms with Crippen molar-refractivity contribution in [3.63, 3.8) is 0 Å². The summed E-state index contributed by atoms with van der Waals surface area (Å²) >= 11 is 5.25. The zero-order chi connectivity index (χ0) is 10.5. The first-order valence-electron chi connectivity index (χ1n) is 4.69. The number of pyridine rings is 1. The van der Waals surface area contributed by atoms with Gasteiger partial charge in [-0.05, 0) is 24.3 Å². The second kappa shape index (κ2) is 6.35. The van der Waals surface area contributed by atoms with E-state index in [9.17, 15) is 0 Å². The Bertz CT molecular complexity index is 445. The molecule has 16 heavy (non-hydrogen) atoms. The van der Waals surface area contributed by atoms with Crippen LogP contribution in [0.5, 0.6) is 0 Å². The average molecular weight is 295 g/mol. The third-order valence-electron chi connectivity index (χ3n) is 1.98. The van der Waals surface area contributed by atoms with Crippen molar-refractivity contribution in [1.29, 1.82) is 0 Å². The van der Waals surface area contributed by atoms with Crippen molar-refractivity contribution in [3.05, 3.63) is 60.9 Å². The van der Waals surface area contributed by atoms with Crippen LogP contribution >= 0.6 is 12.2 Å². The molecule has 2 aromatic rings. The Kier molecular flexibility index (Phi) is 5.08. The van der Waals surface area contributed by atoms with Gasteiger partial charge in [0.15, 0.2) is 0 Å². The number of aromatic nitrogens is 1. The third kappa shape index (κ3) is 3.40. The van der Waals surface area contributed by atoms with E-state index in [-0.39, 0.29) is 17.0 Å². The van der Waals surface area contributed by atoms with Crippen molar-refractivity contribution in [2.45, 2.75) is 0 Å². The van der Waals surface area contributed by atoms with Gasteiger partial charge in [-0.2, -0.15) is 4.57 Å². The van der Waals surface area contributed by atoms with Gasteiger partial charge in [0.25, 0.3) is 0 Å². The first-order valence-corrected chi connectivity index (χ1v) is 5.10. The molecule has 4 heteroatoms. The molecule has 0 radical (unpaired) electrons. The van der Waals surface area contributed by atoms with Crippen molar-refractivity contribution in [2.75, 3.05) is 5.32 Å².